The molecule has 4 aromatic rings. The van der Waals surface area contributed by atoms with Gasteiger partial charge in [0, 0.05) is 18.3 Å². The normalized spacial score (nSPS) is 15.2. The highest BCUT2D eigenvalue weighted by Crippen LogP contribution is 2.38. The van der Waals surface area contributed by atoms with Crippen LogP contribution in [0.4, 0.5) is 0 Å². The number of rotatable bonds is 14. The minimum absolute atomic E-state index is 0.0561. The number of aromatic nitrogens is 1. The Morgan fingerprint density at radius 2 is 1.43 bits per heavy atom. The molecule has 0 unspecified atom stereocenters. The van der Waals surface area contributed by atoms with Crippen molar-refractivity contribution in [3.63, 3.8) is 0 Å². The number of carbonyl (C=O) groups excluding carboxylic acids is 1. The van der Waals surface area contributed by atoms with E-state index in [9.17, 15) is 4.79 Å². The van der Waals surface area contributed by atoms with Crippen molar-refractivity contribution in [2.75, 3.05) is 12.4 Å². The third kappa shape index (κ3) is 9.62. The molecule has 1 amide bonds. The maximum absolute atomic E-state index is 14.3. The van der Waals surface area contributed by atoms with Gasteiger partial charge in [0.25, 0.3) is 8.32 Å². The van der Waals surface area contributed by atoms with Crippen LogP contribution in [0.2, 0.25) is 23.2 Å². The number of thiazole rings is 1. The number of hydrogen-bond acceptors (Lipinski definition) is 6. The summed E-state index contributed by atoms with van der Waals surface area (Å²) in [6.07, 6.45) is 1.54. The zero-order chi connectivity index (χ0) is 36.0. The summed E-state index contributed by atoms with van der Waals surface area (Å²) in [5.41, 5.74) is 2.22. The molecule has 1 N–H and O–H groups in total. The SMILES string of the molecule is C/C(=C\[C@@H](NC(=O)[C@H](C)O[Si](c1ccccc1)(c1ccccc1)C(C)(C)C)[C@H](C)CO[Si](C)(C)C(C)(C)C)CSc1nc2ccccc2s1. The monoisotopic (exact) mass is 732 g/mol. The molecule has 0 saturated carbocycles. The van der Waals surface area contributed by atoms with Gasteiger partial charge in [-0.3, -0.25) is 4.79 Å². The van der Waals surface area contributed by atoms with Gasteiger partial charge < -0.3 is 14.2 Å². The molecule has 0 bridgehead atoms. The van der Waals surface area contributed by atoms with Gasteiger partial charge in [0.1, 0.15) is 6.10 Å². The Morgan fingerprint density at radius 1 is 0.878 bits per heavy atom. The number of fused-ring (bicyclic) bond motifs is 1. The molecule has 0 spiro atoms. The van der Waals surface area contributed by atoms with Gasteiger partial charge in [-0.1, -0.05) is 145 Å². The lowest BCUT2D eigenvalue weighted by molar-refractivity contribution is -0.128. The van der Waals surface area contributed by atoms with Crippen molar-refractivity contribution in [2.45, 2.75) is 102 Å². The topological polar surface area (TPSA) is 60.5 Å². The number of nitrogens with zero attached hydrogens (tertiary/aromatic N) is 1. The summed E-state index contributed by atoms with van der Waals surface area (Å²) in [5.74, 6) is 0.733. The van der Waals surface area contributed by atoms with Crippen molar-refractivity contribution in [1.82, 2.24) is 10.3 Å². The van der Waals surface area contributed by atoms with Crippen LogP contribution >= 0.6 is 23.1 Å². The van der Waals surface area contributed by atoms with Crippen molar-refractivity contribution in [3.05, 3.63) is 96.6 Å². The fourth-order valence-corrected chi connectivity index (χ4v) is 13.5. The summed E-state index contributed by atoms with van der Waals surface area (Å²) in [6.45, 7) is 24.8. The highest BCUT2D eigenvalue weighted by atomic mass is 32.2. The largest absolute Gasteiger partial charge is 0.416 e. The highest BCUT2D eigenvalue weighted by Gasteiger charge is 2.51. The Labute approximate surface area is 305 Å². The van der Waals surface area contributed by atoms with Crippen molar-refractivity contribution >= 4 is 66.2 Å². The van der Waals surface area contributed by atoms with Crippen LogP contribution in [0.3, 0.4) is 0 Å². The smallest absolute Gasteiger partial charge is 0.262 e. The maximum atomic E-state index is 14.3. The summed E-state index contributed by atoms with van der Waals surface area (Å²) in [7, 11) is -4.90. The average molecular weight is 733 g/mol. The lowest BCUT2D eigenvalue weighted by Gasteiger charge is -2.44. The third-order valence-electron chi connectivity index (χ3n) is 9.74. The van der Waals surface area contributed by atoms with Crippen LogP contribution in [0.25, 0.3) is 10.2 Å². The Balaban J connectivity index is 1.60. The minimum Gasteiger partial charge on any atom is -0.416 e. The molecule has 0 aliphatic carbocycles. The van der Waals surface area contributed by atoms with E-state index in [0.717, 1.165) is 26.0 Å². The van der Waals surface area contributed by atoms with Gasteiger partial charge in [-0.15, -0.1) is 11.3 Å². The molecule has 0 radical (unpaired) electrons. The van der Waals surface area contributed by atoms with E-state index in [1.807, 2.05) is 25.1 Å². The molecule has 0 saturated heterocycles. The first kappa shape index (κ1) is 39.3. The van der Waals surface area contributed by atoms with Gasteiger partial charge in [0.2, 0.25) is 5.91 Å². The molecular weight excluding hydrogens is 677 g/mol. The minimum atomic E-state index is -2.92. The second-order valence-corrected chi connectivity index (χ2v) is 27.1. The molecule has 4 rings (SSSR count). The van der Waals surface area contributed by atoms with Crippen molar-refractivity contribution < 1.29 is 13.6 Å². The van der Waals surface area contributed by atoms with Crippen LogP contribution < -0.4 is 15.7 Å². The number of benzene rings is 3. The van der Waals surface area contributed by atoms with Gasteiger partial charge in [-0.25, -0.2) is 4.98 Å². The van der Waals surface area contributed by atoms with Crippen LogP contribution in [-0.4, -0.2) is 52.0 Å². The molecule has 1 aromatic heterocycles. The fourth-order valence-electron chi connectivity index (χ4n) is 5.74. The van der Waals surface area contributed by atoms with Gasteiger partial charge in [0.05, 0.1) is 16.3 Å². The summed E-state index contributed by atoms with van der Waals surface area (Å²) >= 11 is 3.47. The molecule has 49 heavy (non-hydrogen) atoms. The zero-order valence-electron chi connectivity index (χ0n) is 31.3. The van der Waals surface area contributed by atoms with E-state index >= 15 is 0 Å². The first-order valence-electron chi connectivity index (χ1n) is 17.3. The van der Waals surface area contributed by atoms with Crippen LogP contribution in [0.5, 0.6) is 0 Å². The van der Waals surface area contributed by atoms with E-state index in [-0.39, 0.29) is 27.9 Å². The predicted molar refractivity (Wildman–Crippen MR) is 217 cm³/mol. The second-order valence-electron chi connectivity index (χ2n) is 15.8. The number of carbonyl (C=O) groups is 1. The number of hydrogen-bond donors (Lipinski definition) is 1. The molecule has 3 atom stereocenters. The van der Waals surface area contributed by atoms with Crippen LogP contribution in [0, 0.1) is 5.92 Å². The number of thioether (sulfide) groups is 1. The number of para-hydroxylation sites is 1. The lowest BCUT2D eigenvalue weighted by atomic mass is 10.0. The van der Waals surface area contributed by atoms with Gasteiger partial charge in [-0.2, -0.15) is 0 Å². The third-order valence-corrected chi connectivity index (χ3v) is 21.7. The van der Waals surface area contributed by atoms with E-state index in [2.05, 4.69) is 147 Å². The average Bonchev–Trinajstić information content (AvgIpc) is 3.47. The summed E-state index contributed by atoms with van der Waals surface area (Å²) in [4.78, 5) is 19.1. The Morgan fingerprint density at radius 3 is 1.96 bits per heavy atom. The predicted octanol–water partition coefficient (Wildman–Crippen LogP) is 9.44. The quantitative estimate of drug-likeness (QED) is 0.0796. The molecule has 0 aliphatic rings. The maximum Gasteiger partial charge on any atom is 0.262 e. The fraction of sp³-hybridized carbons (Fsp3) is 0.450. The molecular formula is C40H56N2O3S2Si2. The van der Waals surface area contributed by atoms with Gasteiger partial charge >= 0.3 is 0 Å². The number of nitrogens with one attached hydrogen (secondary N) is 1. The zero-order valence-corrected chi connectivity index (χ0v) is 34.9. The Hall–Kier alpha value is -2.54. The summed E-state index contributed by atoms with van der Waals surface area (Å²) in [6, 6.07) is 29.0. The highest BCUT2D eigenvalue weighted by molar-refractivity contribution is 8.01. The molecule has 3 aromatic carbocycles. The molecule has 1 heterocycles. The molecule has 264 valence electrons. The van der Waals surface area contributed by atoms with Crippen molar-refractivity contribution in [3.8, 4) is 0 Å². The van der Waals surface area contributed by atoms with Crippen molar-refractivity contribution in [2.24, 2.45) is 5.92 Å². The molecule has 0 fully saturated rings. The van der Waals surface area contributed by atoms with Crippen molar-refractivity contribution in [1.29, 1.82) is 0 Å². The van der Waals surface area contributed by atoms with E-state index in [0.29, 0.717) is 6.61 Å². The second kappa shape index (κ2) is 16.2. The first-order valence-corrected chi connectivity index (χ1v) is 24.0. The summed E-state index contributed by atoms with van der Waals surface area (Å²) in [5, 5.41) is 5.59. The van der Waals surface area contributed by atoms with E-state index in [1.54, 1.807) is 23.1 Å². The Kier molecular flexibility index (Phi) is 13.0. The van der Waals surface area contributed by atoms with E-state index < -0.39 is 22.7 Å². The molecule has 0 aliphatic heterocycles. The van der Waals surface area contributed by atoms with Crippen LogP contribution in [0.15, 0.2) is 101 Å². The molecule has 5 nitrogen and oxygen atoms in total. The van der Waals surface area contributed by atoms with E-state index in [1.165, 1.54) is 10.3 Å². The van der Waals surface area contributed by atoms with Crippen LogP contribution in [0.1, 0.15) is 62.3 Å². The van der Waals surface area contributed by atoms with E-state index in [4.69, 9.17) is 13.8 Å². The molecule has 9 heteroatoms. The lowest BCUT2D eigenvalue weighted by Crippen LogP contribution is -2.68. The standard InChI is InChI=1S/C40H56N2O3S2Si2/c1-29(28-46-38-42-34-24-18-19-25-36(34)47-38)26-35(30(2)27-44-48(10,11)39(4,5)6)41-37(43)31(3)45-49(40(7,8)9,32-20-14-12-15-21-32)33-22-16-13-17-23-33/h12-26,30-31,35H,27-28H2,1-11H3,(H,41,43)/b29-26+/t30-,31+,35-/m1/s1. The first-order chi connectivity index (χ1) is 22.9. The van der Waals surface area contributed by atoms with Gasteiger partial charge in [-0.05, 0) is 59.5 Å². The van der Waals surface area contributed by atoms with Gasteiger partial charge in [0.15, 0.2) is 12.7 Å². The summed E-state index contributed by atoms with van der Waals surface area (Å²) < 4.78 is 16.1. The Bertz CT molecular complexity index is 1620. The number of amides is 1. The van der Waals surface area contributed by atoms with Crippen LogP contribution in [-0.2, 0) is 13.6 Å².